The van der Waals surface area contributed by atoms with Crippen molar-refractivity contribution in [3.63, 3.8) is 0 Å². The standard InChI is InChI=1S/C75H145NO5/c1-3-5-7-9-11-13-15-17-18-40-44-47-51-55-59-63-67-73(78)72(71-77)76-74(79)68-64-60-56-52-48-45-41-38-36-34-32-30-28-26-24-22-20-19-21-23-25-27-29-31-33-35-37-39-42-46-50-54-58-62-66-70-81-75(80)69-65-61-57-53-49-43-16-14-12-10-8-6-4-2/h14,16,21,23,72-73,77-78H,3-13,15,17-20,22,24-71H2,1-2H3,(H,76,79)/b16-14-,23-21-. The third kappa shape index (κ3) is 67.3. The molecule has 0 bridgehead atoms. The van der Waals surface area contributed by atoms with Gasteiger partial charge in [-0.15, -0.1) is 0 Å². The number of nitrogens with one attached hydrogen (secondary N) is 1. The lowest BCUT2D eigenvalue weighted by Gasteiger charge is -2.22. The van der Waals surface area contributed by atoms with Gasteiger partial charge in [0, 0.05) is 12.8 Å². The molecule has 480 valence electrons. The normalized spacial score (nSPS) is 12.6. The zero-order valence-electron chi connectivity index (χ0n) is 55.0. The topological polar surface area (TPSA) is 95.9 Å². The highest BCUT2D eigenvalue weighted by Gasteiger charge is 2.20. The lowest BCUT2D eigenvalue weighted by molar-refractivity contribution is -0.143. The van der Waals surface area contributed by atoms with Gasteiger partial charge in [-0.25, -0.2) is 0 Å². The smallest absolute Gasteiger partial charge is 0.305 e. The second-order valence-corrected chi connectivity index (χ2v) is 25.6. The molecule has 2 atom stereocenters. The van der Waals surface area contributed by atoms with Crippen molar-refractivity contribution in [2.75, 3.05) is 13.2 Å². The van der Waals surface area contributed by atoms with Crippen molar-refractivity contribution in [2.24, 2.45) is 0 Å². The van der Waals surface area contributed by atoms with E-state index in [9.17, 15) is 19.8 Å². The average molecular weight is 1140 g/mol. The van der Waals surface area contributed by atoms with Gasteiger partial charge in [0.15, 0.2) is 0 Å². The Morgan fingerprint density at radius 2 is 0.580 bits per heavy atom. The summed E-state index contributed by atoms with van der Waals surface area (Å²) in [6.07, 6.45) is 89.7. The fourth-order valence-corrected chi connectivity index (χ4v) is 11.8. The predicted molar refractivity (Wildman–Crippen MR) is 356 cm³/mol. The Kier molecular flexibility index (Phi) is 69.4. The summed E-state index contributed by atoms with van der Waals surface area (Å²) in [4.78, 5) is 24.6. The molecule has 0 aromatic rings. The number of hydrogen-bond donors (Lipinski definition) is 3. The van der Waals surface area contributed by atoms with Crippen molar-refractivity contribution in [3.8, 4) is 0 Å². The van der Waals surface area contributed by atoms with E-state index in [1.54, 1.807) is 0 Å². The monoisotopic (exact) mass is 1140 g/mol. The summed E-state index contributed by atoms with van der Waals surface area (Å²) in [5.41, 5.74) is 0. The molecule has 0 aromatic carbocycles. The lowest BCUT2D eigenvalue weighted by Crippen LogP contribution is -2.45. The van der Waals surface area contributed by atoms with Crippen LogP contribution in [0.1, 0.15) is 418 Å². The van der Waals surface area contributed by atoms with Gasteiger partial charge >= 0.3 is 5.97 Å². The number of ether oxygens (including phenoxy) is 1. The average Bonchev–Trinajstić information content (AvgIpc) is 3.47. The number of amides is 1. The number of aliphatic hydroxyl groups is 2. The van der Waals surface area contributed by atoms with E-state index in [1.807, 2.05) is 0 Å². The third-order valence-corrected chi connectivity index (χ3v) is 17.5. The molecule has 6 heteroatoms. The first-order valence-corrected chi connectivity index (χ1v) is 37.1. The highest BCUT2D eigenvalue weighted by Crippen LogP contribution is 2.19. The Hall–Kier alpha value is -1.66. The first-order valence-electron chi connectivity index (χ1n) is 37.1. The fraction of sp³-hybridized carbons (Fsp3) is 0.920. The molecular formula is C75H145NO5. The van der Waals surface area contributed by atoms with Crippen molar-refractivity contribution in [3.05, 3.63) is 24.3 Å². The van der Waals surface area contributed by atoms with Crippen LogP contribution in [0.15, 0.2) is 24.3 Å². The van der Waals surface area contributed by atoms with E-state index >= 15 is 0 Å². The molecular weight excluding hydrogens is 995 g/mol. The maximum absolute atomic E-state index is 12.5. The van der Waals surface area contributed by atoms with E-state index in [2.05, 4.69) is 43.5 Å². The summed E-state index contributed by atoms with van der Waals surface area (Å²) in [6, 6.07) is -0.538. The quantitative estimate of drug-likeness (QED) is 0.0320. The van der Waals surface area contributed by atoms with Crippen LogP contribution < -0.4 is 5.32 Å². The van der Waals surface area contributed by atoms with Gasteiger partial charge in [0.05, 0.1) is 25.4 Å². The summed E-state index contributed by atoms with van der Waals surface area (Å²) in [6.45, 7) is 4.97. The Morgan fingerprint density at radius 3 is 0.889 bits per heavy atom. The third-order valence-electron chi connectivity index (χ3n) is 17.5. The minimum Gasteiger partial charge on any atom is -0.466 e. The molecule has 0 saturated heterocycles. The molecule has 0 spiro atoms. The molecule has 0 heterocycles. The van der Waals surface area contributed by atoms with Crippen LogP contribution in [0.5, 0.6) is 0 Å². The molecule has 81 heavy (non-hydrogen) atoms. The Morgan fingerprint density at radius 1 is 0.333 bits per heavy atom. The van der Waals surface area contributed by atoms with E-state index in [-0.39, 0.29) is 18.5 Å². The van der Waals surface area contributed by atoms with Crippen LogP contribution in [-0.4, -0.2) is 47.4 Å². The lowest BCUT2D eigenvalue weighted by atomic mass is 10.0. The highest BCUT2D eigenvalue weighted by atomic mass is 16.5. The van der Waals surface area contributed by atoms with Gasteiger partial charge in [-0.05, 0) is 77.0 Å². The molecule has 0 aliphatic heterocycles. The van der Waals surface area contributed by atoms with Crippen LogP contribution in [0.4, 0.5) is 0 Å². The van der Waals surface area contributed by atoms with E-state index in [0.29, 0.717) is 25.9 Å². The first kappa shape index (κ1) is 79.3. The second kappa shape index (κ2) is 70.8. The molecule has 0 aliphatic rings. The van der Waals surface area contributed by atoms with Gasteiger partial charge in [-0.2, -0.15) is 0 Å². The van der Waals surface area contributed by atoms with E-state index in [0.717, 1.165) is 44.9 Å². The van der Waals surface area contributed by atoms with Crippen molar-refractivity contribution < 1.29 is 24.5 Å². The zero-order chi connectivity index (χ0) is 58.5. The number of carbonyl (C=O) groups is 2. The van der Waals surface area contributed by atoms with Crippen molar-refractivity contribution in [1.82, 2.24) is 5.32 Å². The van der Waals surface area contributed by atoms with Gasteiger partial charge < -0.3 is 20.3 Å². The van der Waals surface area contributed by atoms with Crippen LogP contribution in [0.3, 0.4) is 0 Å². The zero-order valence-corrected chi connectivity index (χ0v) is 55.0. The van der Waals surface area contributed by atoms with E-state index < -0.39 is 12.1 Å². The minimum absolute atomic E-state index is 0.0115. The van der Waals surface area contributed by atoms with Crippen molar-refractivity contribution in [1.29, 1.82) is 0 Å². The van der Waals surface area contributed by atoms with Crippen molar-refractivity contribution >= 4 is 11.9 Å². The Bertz CT molecular complexity index is 1270. The first-order chi connectivity index (χ1) is 40.0. The highest BCUT2D eigenvalue weighted by molar-refractivity contribution is 5.76. The Labute approximate surface area is 507 Å². The predicted octanol–water partition coefficient (Wildman–Crippen LogP) is 24.1. The summed E-state index contributed by atoms with van der Waals surface area (Å²) < 4.78 is 5.48. The number of hydrogen-bond acceptors (Lipinski definition) is 5. The summed E-state index contributed by atoms with van der Waals surface area (Å²) in [5, 5.41) is 23.4. The van der Waals surface area contributed by atoms with Gasteiger partial charge in [-0.3, -0.25) is 9.59 Å². The number of carbonyl (C=O) groups excluding carboxylic acids is 2. The van der Waals surface area contributed by atoms with E-state index in [1.165, 1.54) is 340 Å². The summed E-state index contributed by atoms with van der Waals surface area (Å²) in [7, 11) is 0. The van der Waals surface area contributed by atoms with E-state index in [4.69, 9.17) is 4.74 Å². The van der Waals surface area contributed by atoms with Crippen LogP contribution in [-0.2, 0) is 14.3 Å². The van der Waals surface area contributed by atoms with Crippen LogP contribution >= 0.6 is 0 Å². The molecule has 1 amide bonds. The number of aliphatic hydroxyl groups excluding tert-OH is 2. The molecule has 0 fully saturated rings. The van der Waals surface area contributed by atoms with Gasteiger partial charge in [-0.1, -0.05) is 353 Å². The van der Waals surface area contributed by atoms with Gasteiger partial charge in [0.2, 0.25) is 5.91 Å². The van der Waals surface area contributed by atoms with Gasteiger partial charge in [0.1, 0.15) is 0 Å². The molecule has 0 aliphatic carbocycles. The molecule has 0 radical (unpaired) electrons. The Balaban J connectivity index is 3.33. The van der Waals surface area contributed by atoms with Crippen molar-refractivity contribution in [2.45, 2.75) is 431 Å². The maximum Gasteiger partial charge on any atom is 0.305 e. The number of esters is 1. The molecule has 0 rings (SSSR count). The largest absolute Gasteiger partial charge is 0.466 e. The van der Waals surface area contributed by atoms with Crippen LogP contribution in [0.25, 0.3) is 0 Å². The molecule has 6 nitrogen and oxygen atoms in total. The summed E-state index contributed by atoms with van der Waals surface area (Å²) in [5.74, 6) is -0.0163. The molecule has 0 aromatic heterocycles. The molecule has 3 N–H and O–H groups in total. The molecule has 0 saturated carbocycles. The summed E-state index contributed by atoms with van der Waals surface area (Å²) >= 11 is 0. The SMILES string of the molecule is CCCCCC/C=C\CCCCCCCC(=O)OCCCCCCCCCCCCCCCC/C=C\CCCCCCCCCCCCCCCCCCCC(=O)NC(CO)C(O)CCCCCCCCCCCCCCCCCC. The van der Waals surface area contributed by atoms with Crippen LogP contribution in [0, 0.1) is 0 Å². The molecule has 2 unspecified atom stereocenters. The number of rotatable bonds is 70. The maximum atomic E-state index is 12.5. The van der Waals surface area contributed by atoms with Gasteiger partial charge in [0.25, 0.3) is 0 Å². The number of unbranched alkanes of at least 4 members (excludes halogenated alkanes) is 55. The fourth-order valence-electron chi connectivity index (χ4n) is 11.8. The number of allylic oxidation sites excluding steroid dienone is 4. The van der Waals surface area contributed by atoms with Crippen LogP contribution in [0.2, 0.25) is 0 Å². The second-order valence-electron chi connectivity index (χ2n) is 25.6. The minimum atomic E-state index is -0.661.